The van der Waals surface area contributed by atoms with Gasteiger partial charge in [0.2, 0.25) is 0 Å². The summed E-state index contributed by atoms with van der Waals surface area (Å²) in [6.45, 7) is 5.78. The number of fused-ring (bicyclic) bond motifs is 4. The Balaban J connectivity index is 1.35. The zero-order chi connectivity index (χ0) is 28.4. The van der Waals surface area contributed by atoms with E-state index < -0.39 is 0 Å². The number of amides is 1. The number of rotatable bonds is 4. The highest BCUT2D eigenvalue weighted by molar-refractivity contribution is 7.97. The van der Waals surface area contributed by atoms with Gasteiger partial charge in [-0.15, -0.1) is 0 Å². The summed E-state index contributed by atoms with van der Waals surface area (Å²) >= 11 is 7.87. The molecule has 0 aromatic heterocycles. The summed E-state index contributed by atoms with van der Waals surface area (Å²) < 4.78 is 21.4. The van der Waals surface area contributed by atoms with E-state index >= 15 is 0 Å². The largest absolute Gasteiger partial charge is 0.490 e. The lowest BCUT2D eigenvalue weighted by Gasteiger charge is -2.45. The van der Waals surface area contributed by atoms with Crippen LogP contribution in [0.25, 0.3) is 0 Å². The monoisotopic (exact) mass is 596 g/mol. The Morgan fingerprint density at radius 1 is 1.20 bits per heavy atom. The lowest BCUT2D eigenvalue weighted by atomic mass is 9.69. The summed E-state index contributed by atoms with van der Waals surface area (Å²) in [6, 6.07) is 12.3. The molecule has 1 spiro atoms. The van der Waals surface area contributed by atoms with Crippen molar-refractivity contribution >= 4 is 35.1 Å². The molecule has 6 rings (SSSR count). The van der Waals surface area contributed by atoms with Crippen molar-refractivity contribution < 1.29 is 19.0 Å². The molecule has 2 aromatic rings. The topological polar surface area (TPSA) is 60.0 Å². The van der Waals surface area contributed by atoms with Crippen LogP contribution in [0.2, 0.25) is 5.02 Å². The lowest BCUT2D eigenvalue weighted by Crippen LogP contribution is -2.48. The van der Waals surface area contributed by atoms with E-state index in [1.54, 1.807) is 7.11 Å². The maximum Gasteiger partial charge on any atom is 0.261 e. The molecule has 8 heteroatoms. The van der Waals surface area contributed by atoms with Gasteiger partial charge < -0.3 is 19.1 Å². The molecule has 1 amide bonds. The molecule has 5 atom stereocenters. The average Bonchev–Trinajstić information content (AvgIpc) is 3.21. The van der Waals surface area contributed by atoms with Crippen molar-refractivity contribution in [3.05, 3.63) is 70.3 Å². The van der Waals surface area contributed by atoms with Crippen molar-refractivity contribution in [1.29, 1.82) is 0 Å². The molecule has 2 aliphatic heterocycles. The minimum absolute atomic E-state index is 0.0551. The van der Waals surface area contributed by atoms with E-state index in [2.05, 4.69) is 40.8 Å². The van der Waals surface area contributed by atoms with Crippen LogP contribution >= 0.6 is 23.5 Å². The van der Waals surface area contributed by atoms with Gasteiger partial charge in [-0.2, -0.15) is 0 Å². The van der Waals surface area contributed by atoms with E-state index in [1.807, 2.05) is 24.3 Å². The first-order chi connectivity index (χ1) is 20.0. The van der Waals surface area contributed by atoms with Gasteiger partial charge in [0.1, 0.15) is 5.75 Å². The number of aryl methyl sites for hydroxylation is 1. The minimum atomic E-state index is -0.123. The molecule has 2 bridgehead atoms. The van der Waals surface area contributed by atoms with Gasteiger partial charge in [0, 0.05) is 42.0 Å². The number of carbonyl (C=O) groups excluding carboxylic acids is 1. The Morgan fingerprint density at radius 2 is 2.10 bits per heavy atom. The van der Waals surface area contributed by atoms with Crippen LogP contribution in [0.15, 0.2) is 48.6 Å². The van der Waals surface area contributed by atoms with Crippen molar-refractivity contribution in [2.24, 2.45) is 17.8 Å². The molecule has 0 radical (unpaired) electrons. The second-order valence-corrected chi connectivity index (χ2v) is 13.5. The molecule has 2 aliphatic carbocycles. The highest BCUT2D eigenvalue weighted by Crippen LogP contribution is 2.47. The van der Waals surface area contributed by atoms with Crippen molar-refractivity contribution in [2.45, 2.75) is 50.5 Å². The third kappa shape index (κ3) is 6.15. The highest BCUT2D eigenvalue weighted by Gasteiger charge is 2.45. The van der Waals surface area contributed by atoms with Crippen molar-refractivity contribution in [3.8, 4) is 5.75 Å². The Hall–Kier alpha value is -2.19. The van der Waals surface area contributed by atoms with Crippen LogP contribution in [0, 0.1) is 17.8 Å². The SMILES string of the molecule is COCCOC1/C=C/C[C@H](C)CSNC(=O)c2ccc3c(c2)N(CC2CCC21)CC1(CCc2cc(Cl)ccc21)CO3. The standard InChI is InChI=1S/C33H41ClN2O4S/c1-22-4-3-5-30(39-15-14-38-2)27-9-6-25(27)18-36-20-33(13-12-23-16-26(34)8-10-28(23)33)21-40-31-11-7-24(17-29(31)36)32(37)35-41-19-22/h3,5,7-8,10-11,16-17,22,25,27,30H,4,6,9,12-15,18-21H2,1-2H3,(H,35,37)/b5-3+/t22-,25?,27?,30?,33?/m0/s1. The first-order valence-electron chi connectivity index (χ1n) is 15.0. The zero-order valence-electron chi connectivity index (χ0n) is 24.1. The molecular weight excluding hydrogens is 556 g/mol. The number of ether oxygens (including phenoxy) is 3. The van der Waals surface area contributed by atoms with Crippen LogP contribution in [0.1, 0.15) is 54.1 Å². The lowest BCUT2D eigenvalue weighted by molar-refractivity contribution is -0.0309. The molecule has 1 fully saturated rings. The van der Waals surface area contributed by atoms with Gasteiger partial charge in [-0.3, -0.25) is 9.52 Å². The van der Waals surface area contributed by atoms with E-state index in [0.29, 0.717) is 43.1 Å². The second-order valence-electron chi connectivity index (χ2n) is 12.3. The quantitative estimate of drug-likeness (QED) is 0.248. The predicted octanol–water partition coefficient (Wildman–Crippen LogP) is 6.45. The fraction of sp³-hybridized carbons (Fsp3) is 0.545. The number of halogens is 1. The van der Waals surface area contributed by atoms with E-state index in [9.17, 15) is 4.79 Å². The first-order valence-corrected chi connectivity index (χ1v) is 16.3. The number of allylic oxidation sites excluding steroid dienone is 1. The van der Waals surface area contributed by atoms with Crippen LogP contribution in [0.5, 0.6) is 5.75 Å². The molecule has 4 unspecified atom stereocenters. The van der Waals surface area contributed by atoms with Gasteiger partial charge in [0.25, 0.3) is 5.91 Å². The highest BCUT2D eigenvalue weighted by atomic mass is 35.5. The first kappa shape index (κ1) is 28.9. The Kier molecular flexibility index (Phi) is 8.87. The molecule has 2 aromatic carbocycles. The molecule has 4 aliphatic rings. The molecule has 1 saturated carbocycles. The summed E-state index contributed by atoms with van der Waals surface area (Å²) in [5.74, 6) is 3.03. The maximum absolute atomic E-state index is 13.2. The van der Waals surface area contributed by atoms with E-state index in [4.69, 9.17) is 25.8 Å². The molecule has 0 saturated heterocycles. The Labute approximate surface area is 253 Å². The van der Waals surface area contributed by atoms with Gasteiger partial charge in [-0.05, 0) is 103 Å². The molecule has 41 heavy (non-hydrogen) atoms. The summed E-state index contributed by atoms with van der Waals surface area (Å²) in [5, 5.41) is 0.788. The van der Waals surface area contributed by atoms with Crippen LogP contribution in [-0.4, -0.2) is 57.8 Å². The fourth-order valence-electron chi connectivity index (χ4n) is 6.96. The number of benzene rings is 2. The van der Waals surface area contributed by atoms with Crippen molar-refractivity contribution in [2.75, 3.05) is 50.7 Å². The third-order valence-corrected chi connectivity index (χ3v) is 10.7. The number of methoxy groups -OCH3 is 1. The zero-order valence-corrected chi connectivity index (χ0v) is 25.6. The summed E-state index contributed by atoms with van der Waals surface area (Å²) in [7, 11) is 1.72. The van der Waals surface area contributed by atoms with E-state index in [-0.39, 0.29) is 17.4 Å². The van der Waals surface area contributed by atoms with Crippen LogP contribution < -0.4 is 14.4 Å². The van der Waals surface area contributed by atoms with Crippen molar-refractivity contribution in [1.82, 2.24) is 4.72 Å². The number of anilines is 1. The van der Waals surface area contributed by atoms with Gasteiger partial charge >= 0.3 is 0 Å². The van der Waals surface area contributed by atoms with Crippen LogP contribution in [0.4, 0.5) is 5.69 Å². The van der Waals surface area contributed by atoms with E-state index in [0.717, 1.165) is 61.0 Å². The van der Waals surface area contributed by atoms with Crippen LogP contribution in [0.3, 0.4) is 0 Å². The Bertz CT molecular complexity index is 1290. The predicted molar refractivity (Wildman–Crippen MR) is 166 cm³/mol. The van der Waals surface area contributed by atoms with Gasteiger partial charge in [0.15, 0.2) is 0 Å². The number of carbonyl (C=O) groups is 1. The number of hydrogen-bond donors (Lipinski definition) is 1. The number of nitrogens with one attached hydrogen (secondary N) is 1. The second kappa shape index (κ2) is 12.6. The summed E-state index contributed by atoms with van der Waals surface area (Å²) in [6.07, 6.45) is 9.95. The van der Waals surface area contributed by atoms with Crippen LogP contribution in [-0.2, 0) is 21.3 Å². The van der Waals surface area contributed by atoms with Gasteiger partial charge in [-0.1, -0.05) is 36.7 Å². The summed E-state index contributed by atoms with van der Waals surface area (Å²) in [5.41, 5.74) is 4.23. The number of hydrogen-bond acceptors (Lipinski definition) is 6. The molecule has 220 valence electrons. The Morgan fingerprint density at radius 3 is 2.93 bits per heavy atom. The minimum Gasteiger partial charge on any atom is -0.490 e. The van der Waals surface area contributed by atoms with Crippen molar-refractivity contribution in [3.63, 3.8) is 0 Å². The normalized spacial score (nSPS) is 30.4. The molecule has 6 nitrogen and oxygen atoms in total. The van der Waals surface area contributed by atoms with Gasteiger partial charge in [-0.25, -0.2) is 0 Å². The third-order valence-electron chi connectivity index (χ3n) is 9.42. The summed E-state index contributed by atoms with van der Waals surface area (Å²) in [4.78, 5) is 15.7. The average molecular weight is 597 g/mol. The van der Waals surface area contributed by atoms with E-state index in [1.165, 1.54) is 29.5 Å². The molecule has 1 N–H and O–H groups in total. The molecular formula is C33H41ClN2O4S. The fourth-order valence-corrected chi connectivity index (χ4v) is 7.91. The number of nitrogens with zero attached hydrogens (tertiary/aromatic N) is 1. The van der Waals surface area contributed by atoms with Gasteiger partial charge in [0.05, 0.1) is 31.6 Å². The maximum atomic E-state index is 13.2. The smallest absolute Gasteiger partial charge is 0.261 e. The molecule has 2 heterocycles.